The zero-order valence-electron chi connectivity index (χ0n) is 13.8. The van der Waals surface area contributed by atoms with Crippen LogP contribution in [-0.2, 0) is 14.4 Å². The van der Waals surface area contributed by atoms with Crippen molar-refractivity contribution in [3.63, 3.8) is 0 Å². The quantitative estimate of drug-likeness (QED) is 0.644. The first kappa shape index (κ1) is 17.5. The molecule has 0 aromatic heterocycles. The SMILES string of the molecule is CCOC(=O)C(NOC(=O)c1ccccc1)C1(C)CCCCC1. The van der Waals surface area contributed by atoms with Gasteiger partial charge < -0.3 is 9.57 Å². The first-order chi connectivity index (χ1) is 11.1. The fraction of sp³-hybridized carbons (Fsp3) is 0.556. The third-order valence-corrected chi connectivity index (χ3v) is 4.49. The third-order valence-electron chi connectivity index (χ3n) is 4.49. The maximum absolute atomic E-state index is 12.3. The van der Waals surface area contributed by atoms with Crippen molar-refractivity contribution in [2.75, 3.05) is 6.61 Å². The van der Waals surface area contributed by atoms with Gasteiger partial charge in [0.25, 0.3) is 0 Å². The number of carbonyl (C=O) groups is 2. The van der Waals surface area contributed by atoms with E-state index in [1.807, 2.05) is 6.07 Å². The Morgan fingerprint density at radius 2 is 1.83 bits per heavy atom. The standard InChI is InChI=1S/C18H25NO4/c1-3-22-17(21)15(18(2)12-8-5-9-13-18)19-23-16(20)14-10-6-4-7-11-14/h4,6-7,10-11,15,19H,3,5,8-9,12-13H2,1-2H3. The summed E-state index contributed by atoms with van der Waals surface area (Å²) in [5.41, 5.74) is 2.87. The highest BCUT2D eigenvalue weighted by atomic mass is 16.7. The average molecular weight is 319 g/mol. The topological polar surface area (TPSA) is 64.6 Å². The molecule has 126 valence electrons. The summed E-state index contributed by atoms with van der Waals surface area (Å²) < 4.78 is 5.17. The molecule has 0 amide bonds. The summed E-state index contributed by atoms with van der Waals surface area (Å²) in [5.74, 6) is -0.864. The molecule has 1 atom stereocenters. The molecule has 0 radical (unpaired) electrons. The molecule has 1 N–H and O–H groups in total. The van der Waals surface area contributed by atoms with Gasteiger partial charge in [-0.05, 0) is 37.3 Å². The van der Waals surface area contributed by atoms with Crippen LogP contribution in [0.5, 0.6) is 0 Å². The van der Waals surface area contributed by atoms with E-state index in [0.717, 1.165) is 25.7 Å². The highest BCUT2D eigenvalue weighted by Crippen LogP contribution is 2.39. The fourth-order valence-corrected chi connectivity index (χ4v) is 3.09. The molecule has 0 heterocycles. The Balaban J connectivity index is 2.05. The molecule has 1 aliphatic carbocycles. The van der Waals surface area contributed by atoms with Gasteiger partial charge in [-0.3, -0.25) is 4.79 Å². The second-order valence-corrected chi connectivity index (χ2v) is 6.27. The van der Waals surface area contributed by atoms with E-state index in [0.29, 0.717) is 12.2 Å². The molecule has 5 heteroatoms. The Hall–Kier alpha value is -1.88. The second kappa shape index (κ2) is 8.11. The maximum Gasteiger partial charge on any atom is 0.356 e. The molecule has 0 spiro atoms. The van der Waals surface area contributed by atoms with Gasteiger partial charge in [-0.25, -0.2) is 4.79 Å². The van der Waals surface area contributed by atoms with Gasteiger partial charge in [0, 0.05) is 0 Å². The van der Waals surface area contributed by atoms with E-state index in [1.165, 1.54) is 6.42 Å². The highest BCUT2D eigenvalue weighted by molar-refractivity contribution is 5.89. The predicted octanol–water partition coefficient (Wildman–Crippen LogP) is 3.25. The Bertz CT molecular complexity index is 523. The van der Waals surface area contributed by atoms with Crippen LogP contribution in [0.4, 0.5) is 0 Å². The molecule has 23 heavy (non-hydrogen) atoms. The van der Waals surface area contributed by atoms with Crippen molar-refractivity contribution >= 4 is 11.9 Å². The van der Waals surface area contributed by atoms with Gasteiger partial charge in [-0.1, -0.05) is 44.4 Å². The van der Waals surface area contributed by atoms with E-state index in [9.17, 15) is 9.59 Å². The Morgan fingerprint density at radius 1 is 1.17 bits per heavy atom. The van der Waals surface area contributed by atoms with E-state index >= 15 is 0 Å². The monoisotopic (exact) mass is 319 g/mol. The van der Waals surface area contributed by atoms with E-state index in [-0.39, 0.29) is 11.4 Å². The Kier molecular flexibility index (Phi) is 6.16. The van der Waals surface area contributed by atoms with Crippen LogP contribution < -0.4 is 5.48 Å². The van der Waals surface area contributed by atoms with Crippen molar-refractivity contribution in [1.29, 1.82) is 0 Å². The normalized spacial score (nSPS) is 18.0. The smallest absolute Gasteiger partial charge is 0.356 e. The van der Waals surface area contributed by atoms with Gasteiger partial charge in [0.15, 0.2) is 0 Å². The Labute approximate surface area is 137 Å². The summed E-state index contributed by atoms with van der Waals surface area (Å²) in [4.78, 5) is 29.6. The minimum atomic E-state index is -0.643. The van der Waals surface area contributed by atoms with Gasteiger partial charge in [0.1, 0.15) is 6.04 Å². The van der Waals surface area contributed by atoms with E-state index < -0.39 is 12.0 Å². The number of nitrogens with one attached hydrogen (secondary N) is 1. The number of hydroxylamine groups is 1. The average Bonchev–Trinajstić information content (AvgIpc) is 2.56. The predicted molar refractivity (Wildman–Crippen MR) is 86.6 cm³/mol. The van der Waals surface area contributed by atoms with Crippen molar-refractivity contribution in [3.05, 3.63) is 35.9 Å². The molecule has 0 bridgehead atoms. The first-order valence-corrected chi connectivity index (χ1v) is 8.25. The lowest BCUT2D eigenvalue weighted by atomic mass is 9.71. The summed E-state index contributed by atoms with van der Waals surface area (Å²) in [7, 11) is 0. The van der Waals surface area contributed by atoms with Gasteiger partial charge in [0.05, 0.1) is 12.2 Å². The number of ether oxygens (including phenoxy) is 1. The second-order valence-electron chi connectivity index (χ2n) is 6.27. The van der Waals surface area contributed by atoms with Gasteiger partial charge in [-0.15, -0.1) is 5.48 Å². The maximum atomic E-state index is 12.3. The first-order valence-electron chi connectivity index (χ1n) is 8.25. The molecule has 0 saturated heterocycles. The molecule has 1 aromatic rings. The zero-order chi connectivity index (χ0) is 16.7. The summed E-state index contributed by atoms with van der Waals surface area (Å²) >= 11 is 0. The number of carbonyl (C=O) groups excluding carboxylic acids is 2. The van der Waals surface area contributed by atoms with Crippen molar-refractivity contribution in [2.45, 2.75) is 52.0 Å². The minimum Gasteiger partial charge on any atom is -0.465 e. The minimum absolute atomic E-state index is 0.262. The molecule has 2 rings (SSSR count). The number of benzene rings is 1. The number of hydrogen-bond donors (Lipinski definition) is 1. The lowest BCUT2D eigenvalue weighted by Crippen LogP contribution is -2.51. The highest BCUT2D eigenvalue weighted by Gasteiger charge is 2.42. The third kappa shape index (κ3) is 4.55. The summed E-state index contributed by atoms with van der Waals surface area (Å²) in [6.45, 7) is 4.13. The largest absolute Gasteiger partial charge is 0.465 e. The lowest BCUT2D eigenvalue weighted by molar-refractivity contribution is -0.154. The van der Waals surface area contributed by atoms with Crippen LogP contribution in [0.2, 0.25) is 0 Å². The van der Waals surface area contributed by atoms with Crippen molar-refractivity contribution in [1.82, 2.24) is 5.48 Å². The molecule has 1 aliphatic rings. The number of esters is 1. The molecule has 1 unspecified atom stereocenters. The summed E-state index contributed by atoms with van der Waals surface area (Å²) in [5, 5.41) is 0. The van der Waals surface area contributed by atoms with Crippen LogP contribution in [0.1, 0.15) is 56.3 Å². The van der Waals surface area contributed by atoms with Crippen LogP contribution in [0.25, 0.3) is 0 Å². The van der Waals surface area contributed by atoms with Crippen LogP contribution in [-0.4, -0.2) is 24.6 Å². The van der Waals surface area contributed by atoms with Crippen LogP contribution in [0.15, 0.2) is 30.3 Å². The zero-order valence-corrected chi connectivity index (χ0v) is 13.8. The Morgan fingerprint density at radius 3 is 2.43 bits per heavy atom. The molecular weight excluding hydrogens is 294 g/mol. The van der Waals surface area contributed by atoms with Crippen LogP contribution >= 0.6 is 0 Å². The molecule has 1 saturated carbocycles. The van der Waals surface area contributed by atoms with E-state index in [4.69, 9.17) is 9.57 Å². The number of rotatable bonds is 6. The summed E-state index contributed by atoms with van der Waals surface area (Å²) in [6, 6.07) is 8.06. The number of hydrogen-bond acceptors (Lipinski definition) is 5. The fourth-order valence-electron chi connectivity index (χ4n) is 3.09. The van der Waals surface area contributed by atoms with Gasteiger partial charge in [0.2, 0.25) is 0 Å². The molecule has 1 fully saturated rings. The molecule has 0 aliphatic heterocycles. The van der Waals surface area contributed by atoms with Gasteiger partial charge >= 0.3 is 11.9 Å². The van der Waals surface area contributed by atoms with Crippen LogP contribution in [0, 0.1) is 5.41 Å². The van der Waals surface area contributed by atoms with E-state index in [1.54, 1.807) is 31.2 Å². The molecular formula is C18H25NO4. The van der Waals surface area contributed by atoms with Crippen LogP contribution in [0.3, 0.4) is 0 Å². The van der Waals surface area contributed by atoms with E-state index in [2.05, 4.69) is 12.4 Å². The molecule has 1 aromatic carbocycles. The molecule has 5 nitrogen and oxygen atoms in total. The van der Waals surface area contributed by atoms with Crippen molar-refractivity contribution < 1.29 is 19.2 Å². The van der Waals surface area contributed by atoms with Gasteiger partial charge in [-0.2, -0.15) is 0 Å². The summed E-state index contributed by atoms with van der Waals surface area (Å²) in [6.07, 6.45) is 5.13. The van der Waals surface area contributed by atoms with Crippen molar-refractivity contribution in [3.8, 4) is 0 Å². The lowest BCUT2D eigenvalue weighted by Gasteiger charge is -2.38. The van der Waals surface area contributed by atoms with Crippen molar-refractivity contribution in [2.24, 2.45) is 5.41 Å².